The Morgan fingerprint density at radius 3 is 2.71 bits per heavy atom. The number of esters is 1. The first kappa shape index (κ1) is 17.2. The third-order valence-corrected chi connectivity index (χ3v) is 4.12. The van der Waals surface area contributed by atoms with Gasteiger partial charge in [-0.2, -0.15) is 0 Å². The molecule has 0 amide bonds. The summed E-state index contributed by atoms with van der Waals surface area (Å²) in [5.41, 5.74) is 0.159. The topological polar surface area (TPSA) is 94.5 Å². The van der Waals surface area contributed by atoms with E-state index in [1.54, 1.807) is 0 Å². The van der Waals surface area contributed by atoms with Gasteiger partial charge >= 0.3 is 5.97 Å². The standard InChI is InChI=1S/C13H20N2O5S/c1-3-8-15-10-11(6-7-12(15)16)14-21(18,19)9-4-5-13(17)20-2/h6-7,10,14H,3-5,8-9H2,1-2H3. The number of aromatic nitrogens is 1. The highest BCUT2D eigenvalue weighted by atomic mass is 32.2. The van der Waals surface area contributed by atoms with Gasteiger partial charge < -0.3 is 9.30 Å². The number of carbonyl (C=O) groups excluding carboxylic acids is 1. The number of ether oxygens (including phenoxy) is 1. The summed E-state index contributed by atoms with van der Waals surface area (Å²) in [5, 5.41) is 0. The molecule has 0 saturated carbocycles. The number of nitrogens with zero attached hydrogens (tertiary/aromatic N) is 1. The zero-order chi connectivity index (χ0) is 15.9. The average Bonchev–Trinajstić information content (AvgIpc) is 2.42. The van der Waals surface area contributed by atoms with Crippen molar-refractivity contribution in [1.29, 1.82) is 0 Å². The fourth-order valence-electron chi connectivity index (χ4n) is 1.75. The summed E-state index contributed by atoms with van der Waals surface area (Å²) >= 11 is 0. The number of pyridine rings is 1. The normalized spacial score (nSPS) is 11.1. The lowest BCUT2D eigenvalue weighted by Gasteiger charge is -2.10. The van der Waals surface area contributed by atoms with Gasteiger partial charge in [-0.1, -0.05) is 6.92 Å². The molecule has 0 bridgehead atoms. The molecule has 21 heavy (non-hydrogen) atoms. The van der Waals surface area contributed by atoms with Gasteiger partial charge in [0, 0.05) is 25.2 Å². The van der Waals surface area contributed by atoms with Crippen molar-refractivity contribution in [1.82, 2.24) is 4.57 Å². The van der Waals surface area contributed by atoms with E-state index >= 15 is 0 Å². The summed E-state index contributed by atoms with van der Waals surface area (Å²) in [4.78, 5) is 22.5. The molecule has 0 aromatic carbocycles. The minimum atomic E-state index is -3.56. The Balaban J connectivity index is 2.68. The number of nitrogens with one attached hydrogen (secondary N) is 1. The van der Waals surface area contributed by atoms with Crippen LogP contribution in [0.4, 0.5) is 5.69 Å². The van der Waals surface area contributed by atoms with E-state index in [0.717, 1.165) is 6.42 Å². The van der Waals surface area contributed by atoms with E-state index < -0.39 is 16.0 Å². The summed E-state index contributed by atoms with van der Waals surface area (Å²) in [6.45, 7) is 2.45. The molecule has 0 atom stereocenters. The highest BCUT2D eigenvalue weighted by Gasteiger charge is 2.12. The van der Waals surface area contributed by atoms with Crippen molar-refractivity contribution in [2.24, 2.45) is 0 Å². The van der Waals surface area contributed by atoms with Crippen molar-refractivity contribution < 1.29 is 17.9 Å². The van der Waals surface area contributed by atoms with Crippen molar-refractivity contribution in [2.75, 3.05) is 17.6 Å². The molecule has 1 aromatic rings. The predicted octanol–water partition coefficient (Wildman–Crippen LogP) is 0.953. The molecule has 1 aromatic heterocycles. The Morgan fingerprint density at radius 1 is 1.38 bits per heavy atom. The van der Waals surface area contributed by atoms with Crippen LogP contribution in [0.5, 0.6) is 0 Å². The molecule has 0 aliphatic carbocycles. The average molecular weight is 316 g/mol. The van der Waals surface area contributed by atoms with Crippen molar-refractivity contribution in [3.05, 3.63) is 28.7 Å². The highest BCUT2D eigenvalue weighted by Crippen LogP contribution is 2.08. The van der Waals surface area contributed by atoms with Crippen LogP contribution in [0, 0.1) is 0 Å². The molecule has 0 saturated heterocycles. The van der Waals surface area contributed by atoms with E-state index in [9.17, 15) is 18.0 Å². The SMILES string of the molecule is CCCn1cc(NS(=O)(=O)CCCC(=O)OC)ccc1=O. The van der Waals surface area contributed by atoms with Crippen LogP contribution in [0.3, 0.4) is 0 Å². The van der Waals surface area contributed by atoms with Gasteiger partial charge in [0.1, 0.15) is 0 Å². The maximum atomic E-state index is 11.9. The Labute approximate surface area is 124 Å². The van der Waals surface area contributed by atoms with E-state index in [0.29, 0.717) is 12.2 Å². The summed E-state index contributed by atoms with van der Waals surface area (Å²) in [7, 11) is -2.30. The van der Waals surface area contributed by atoms with Gasteiger partial charge in [0.15, 0.2) is 0 Å². The molecule has 8 heteroatoms. The first-order chi connectivity index (χ1) is 9.88. The number of rotatable bonds is 8. The number of carbonyl (C=O) groups is 1. The summed E-state index contributed by atoms with van der Waals surface area (Å²) < 4.78 is 32.0. The summed E-state index contributed by atoms with van der Waals surface area (Å²) in [5.74, 6) is -0.628. The van der Waals surface area contributed by atoms with Crippen LogP contribution in [0.2, 0.25) is 0 Å². The highest BCUT2D eigenvalue weighted by molar-refractivity contribution is 7.92. The molecule has 118 valence electrons. The number of hydrogen-bond acceptors (Lipinski definition) is 5. The van der Waals surface area contributed by atoms with Gasteiger partial charge in [-0.15, -0.1) is 0 Å². The molecule has 0 unspecified atom stereocenters. The maximum absolute atomic E-state index is 11.9. The molecular formula is C13H20N2O5S. The van der Waals surface area contributed by atoms with E-state index in [1.807, 2.05) is 6.92 Å². The van der Waals surface area contributed by atoms with Crippen molar-refractivity contribution in [3.63, 3.8) is 0 Å². The molecule has 1 heterocycles. The van der Waals surface area contributed by atoms with E-state index in [4.69, 9.17) is 0 Å². The van der Waals surface area contributed by atoms with Gasteiger partial charge in [0.05, 0.1) is 18.6 Å². The molecule has 0 aliphatic heterocycles. The molecule has 0 aliphatic rings. The van der Waals surface area contributed by atoms with Gasteiger partial charge in [0.25, 0.3) is 5.56 Å². The first-order valence-electron chi connectivity index (χ1n) is 6.65. The van der Waals surface area contributed by atoms with Crippen LogP contribution in [0.15, 0.2) is 23.1 Å². The van der Waals surface area contributed by atoms with Gasteiger partial charge in [-0.3, -0.25) is 14.3 Å². The minimum Gasteiger partial charge on any atom is -0.469 e. The maximum Gasteiger partial charge on any atom is 0.305 e. The smallest absolute Gasteiger partial charge is 0.305 e. The molecule has 1 rings (SSSR count). The first-order valence-corrected chi connectivity index (χ1v) is 8.31. The number of hydrogen-bond donors (Lipinski definition) is 1. The number of sulfonamides is 1. The van der Waals surface area contributed by atoms with Crippen molar-refractivity contribution in [3.8, 4) is 0 Å². The fraction of sp³-hybridized carbons (Fsp3) is 0.538. The number of anilines is 1. The van der Waals surface area contributed by atoms with Crippen LogP contribution in [0.1, 0.15) is 26.2 Å². The second kappa shape index (κ2) is 7.82. The lowest BCUT2D eigenvalue weighted by Crippen LogP contribution is -2.22. The Morgan fingerprint density at radius 2 is 2.10 bits per heavy atom. The quantitative estimate of drug-likeness (QED) is 0.721. The third-order valence-electron chi connectivity index (χ3n) is 2.74. The molecule has 7 nitrogen and oxygen atoms in total. The Bertz CT molecular complexity index is 636. The van der Waals surface area contributed by atoms with E-state index in [-0.39, 0.29) is 24.2 Å². The number of methoxy groups -OCH3 is 1. The van der Waals surface area contributed by atoms with Gasteiger partial charge in [-0.25, -0.2) is 8.42 Å². The van der Waals surface area contributed by atoms with Crippen molar-refractivity contribution in [2.45, 2.75) is 32.7 Å². The lowest BCUT2D eigenvalue weighted by molar-refractivity contribution is -0.140. The van der Waals surface area contributed by atoms with E-state index in [1.165, 1.54) is 30.0 Å². The van der Waals surface area contributed by atoms with E-state index in [2.05, 4.69) is 9.46 Å². The minimum absolute atomic E-state index is 0.0484. The predicted molar refractivity (Wildman–Crippen MR) is 79.7 cm³/mol. The van der Waals surface area contributed by atoms with Gasteiger partial charge in [0.2, 0.25) is 10.0 Å². The monoisotopic (exact) mass is 316 g/mol. The van der Waals surface area contributed by atoms with Crippen LogP contribution >= 0.6 is 0 Å². The molecule has 0 fully saturated rings. The zero-order valence-corrected chi connectivity index (χ0v) is 13.0. The summed E-state index contributed by atoms with van der Waals surface area (Å²) in [6, 6.07) is 2.74. The molecular weight excluding hydrogens is 296 g/mol. The fourth-order valence-corrected chi connectivity index (χ4v) is 2.85. The Kier molecular flexibility index (Phi) is 6.41. The van der Waals surface area contributed by atoms with Crippen LogP contribution < -0.4 is 10.3 Å². The van der Waals surface area contributed by atoms with Crippen molar-refractivity contribution >= 4 is 21.7 Å². The van der Waals surface area contributed by atoms with Crippen LogP contribution in [-0.2, 0) is 26.1 Å². The second-order valence-corrected chi connectivity index (χ2v) is 6.39. The molecule has 0 spiro atoms. The largest absolute Gasteiger partial charge is 0.469 e. The second-order valence-electron chi connectivity index (χ2n) is 4.55. The Hall–Kier alpha value is -1.83. The zero-order valence-electron chi connectivity index (χ0n) is 12.2. The van der Waals surface area contributed by atoms with Crippen LogP contribution in [0.25, 0.3) is 0 Å². The van der Waals surface area contributed by atoms with Crippen LogP contribution in [-0.4, -0.2) is 31.8 Å². The van der Waals surface area contributed by atoms with Gasteiger partial charge in [-0.05, 0) is 18.9 Å². The number of aryl methyl sites for hydroxylation is 1. The third kappa shape index (κ3) is 5.99. The molecule has 1 N–H and O–H groups in total. The summed E-state index contributed by atoms with van der Waals surface area (Å²) in [6.07, 6.45) is 2.47. The molecule has 0 radical (unpaired) electrons. The lowest BCUT2D eigenvalue weighted by atomic mass is 10.3.